The molecule has 1 fully saturated rings. The van der Waals surface area contributed by atoms with Gasteiger partial charge in [-0.05, 0) is 36.8 Å². The second kappa shape index (κ2) is 7.06. The van der Waals surface area contributed by atoms with Crippen molar-refractivity contribution in [2.45, 2.75) is 12.5 Å². The number of nitrogens with one attached hydrogen (secondary N) is 1. The fourth-order valence-electron chi connectivity index (χ4n) is 2.70. The van der Waals surface area contributed by atoms with E-state index in [1.165, 1.54) is 0 Å². The molecule has 0 radical (unpaired) electrons. The van der Waals surface area contributed by atoms with Crippen LogP contribution in [-0.4, -0.2) is 30.0 Å². The van der Waals surface area contributed by atoms with Gasteiger partial charge in [0.05, 0.1) is 11.6 Å². The maximum atomic E-state index is 12.8. The molecular weight excluding hydrogens is 408 g/mol. The Morgan fingerprint density at radius 2 is 1.96 bits per heavy atom. The zero-order valence-electron chi connectivity index (χ0n) is 13.5. The minimum absolute atomic E-state index is 0.138. The lowest BCUT2D eigenvalue weighted by molar-refractivity contribution is -0.131. The number of rotatable bonds is 5. The Kier molecular flexibility index (Phi) is 5.01. The summed E-state index contributed by atoms with van der Waals surface area (Å²) in [4.78, 5) is 26.2. The number of nitrogens with zero attached hydrogens (tertiary/aromatic N) is 1. The van der Waals surface area contributed by atoms with Crippen LogP contribution in [0.3, 0.4) is 0 Å². The number of imide groups is 1. The van der Waals surface area contributed by atoms with Gasteiger partial charge in [-0.15, -0.1) is 0 Å². The molecule has 0 bridgehead atoms. The Hall–Kier alpha value is -2.05. The first-order chi connectivity index (χ1) is 11.9. The molecule has 3 rings (SSSR count). The molecule has 1 saturated heterocycles. The summed E-state index contributed by atoms with van der Waals surface area (Å²) < 4.78 is 6.42. The van der Waals surface area contributed by atoms with Gasteiger partial charge in [-0.25, -0.2) is 4.79 Å². The Morgan fingerprint density at radius 3 is 2.68 bits per heavy atom. The highest BCUT2D eigenvalue weighted by molar-refractivity contribution is 9.10. The molecule has 3 amide bonds. The highest BCUT2D eigenvalue weighted by Crippen LogP contribution is 2.30. The van der Waals surface area contributed by atoms with E-state index in [0.29, 0.717) is 10.8 Å². The highest BCUT2D eigenvalue weighted by atomic mass is 79.9. The van der Waals surface area contributed by atoms with E-state index >= 15 is 0 Å². The Labute approximate surface area is 159 Å². The van der Waals surface area contributed by atoms with Crippen molar-refractivity contribution in [3.05, 3.63) is 63.6 Å². The maximum absolute atomic E-state index is 12.8. The van der Waals surface area contributed by atoms with Gasteiger partial charge in [-0.3, -0.25) is 9.69 Å². The number of carbonyl (C=O) groups excluding carboxylic acids is 2. The Morgan fingerprint density at radius 1 is 1.20 bits per heavy atom. The fraction of sp³-hybridized carbons (Fsp3) is 0.222. The van der Waals surface area contributed by atoms with Crippen molar-refractivity contribution >= 4 is 39.5 Å². The second-order valence-electron chi connectivity index (χ2n) is 5.80. The largest absolute Gasteiger partial charge is 0.490 e. The molecule has 130 valence electrons. The third kappa shape index (κ3) is 3.50. The highest BCUT2D eigenvalue weighted by Gasteiger charge is 2.48. The molecule has 0 aromatic heterocycles. The molecule has 1 aliphatic rings. The van der Waals surface area contributed by atoms with E-state index in [0.717, 1.165) is 14.9 Å². The van der Waals surface area contributed by atoms with Crippen LogP contribution in [0.4, 0.5) is 4.79 Å². The first-order valence-electron chi connectivity index (χ1n) is 7.69. The zero-order chi connectivity index (χ0) is 18.0. The molecule has 1 N–H and O–H groups in total. The fourth-order valence-corrected chi connectivity index (χ4v) is 3.29. The van der Waals surface area contributed by atoms with Crippen LogP contribution in [0.2, 0.25) is 5.02 Å². The standard InChI is InChI=1S/C18H16BrClN2O3/c1-18(12-5-4-6-13(19)11-12)16(23)22(17(24)21-18)9-10-25-15-8-3-2-7-14(15)20/h2-8,11H,9-10H2,1H3,(H,21,24). The Bertz CT molecular complexity index is 829. The van der Waals surface area contributed by atoms with Crippen molar-refractivity contribution in [1.29, 1.82) is 0 Å². The number of halogens is 2. The van der Waals surface area contributed by atoms with E-state index < -0.39 is 11.6 Å². The summed E-state index contributed by atoms with van der Waals surface area (Å²) in [7, 11) is 0. The van der Waals surface area contributed by atoms with E-state index in [-0.39, 0.29) is 19.1 Å². The summed E-state index contributed by atoms with van der Waals surface area (Å²) in [5.41, 5.74) is -0.375. The normalized spacial score (nSPS) is 19.9. The second-order valence-corrected chi connectivity index (χ2v) is 7.12. The van der Waals surface area contributed by atoms with Crippen LogP contribution in [0.15, 0.2) is 53.0 Å². The van der Waals surface area contributed by atoms with Crippen molar-refractivity contribution in [2.24, 2.45) is 0 Å². The predicted octanol–water partition coefficient (Wildman–Crippen LogP) is 3.95. The average molecular weight is 424 g/mol. The summed E-state index contributed by atoms with van der Waals surface area (Å²) in [5.74, 6) is 0.212. The molecule has 2 aromatic carbocycles. The zero-order valence-corrected chi connectivity index (χ0v) is 15.8. The van der Waals surface area contributed by atoms with Crippen LogP contribution in [-0.2, 0) is 10.3 Å². The van der Waals surface area contributed by atoms with Crippen LogP contribution < -0.4 is 10.1 Å². The van der Waals surface area contributed by atoms with Gasteiger partial charge in [0.15, 0.2) is 0 Å². The van der Waals surface area contributed by atoms with E-state index in [2.05, 4.69) is 21.2 Å². The summed E-state index contributed by atoms with van der Waals surface area (Å²) in [5, 5.41) is 3.25. The van der Waals surface area contributed by atoms with Gasteiger partial charge < -0.3 is 10.1 Å². The number of para-hydroxylation sites is 1. The lowest BCUT2D eigenvalue weighted by Gasteiger charge is -2.22. The quantitative estimate of drug-likeness (QED) is 0.741. The van der Waals surface area contributed by atoms with Crippen LogP contribution in [0.5, 0.6) is 5.75 Å². The number of amides is 3. The molecule has 2 aromatic rings. The van der Waals surface area contributed by atoms with Gasteiger partial charge in [0.1, 0.15) is 17.9 Å². The SMILES string of the molecule is CC1(c2cccc(Br)c2)NC(=O)N(CCOc2ccccc2Cl)C1=O. The van der Waals surface area contributed by atoms with Crippen LogP contribution >= 0.6 is 27.5 Å². The Balaban J connectivity index is 1.70. The number of hydrogen-bond acceptors (Lipinski definition) is 3. The number of carbonyl (C=O) groups is 2. The van der Waals surface area contributed by atoms with Gasteiger partial charge in [-0.2, -0.15) is 0 Å². The average Bonchev–Trinajstić information content (AvgIpc) is 2.80. The molecular formula is C18H16BrClN2O3. The predicted molar refractivity (Wildman–Crippen MR) is 98.7 cm³/mol. The van der Waals surface area contributed by atoms with Crippen molar-refractivity contribution in [3.63, 3.8) is 0 Å². The van der Waals surface area contributed by atoms with Crippen LogP contribution in [0.25, 0.3) is 0 Å². The molecule has 0 aliphatic carbocycles. The molecule has 1 atom stereocenters. The minimum Gasteiger partial charge on any atom is -0.490 e. The first-order valence-corrected chi connectivity index (χ1v) is 8.86. The number of hydrogen-bond donors (Lipinski definition) is 1. The third-order valence-electron chi connectivity index (χ3n) is 4.09. The molecule has 5 nitrogen and oxygen atoms in total. The molecule has 1 aliphatic heterocycles. The number of ether oxygens (including phenoxy) is 1. The summed E-state index contributed by atoms with van der Waals surface area (Å²) in [6.07, 6.45) is 0. The number of benzene rings is 2. The van der Waals surface area contributed by atoms with E-state index in [1.807, 2.05) is 24.3 Å². The molecule has 1 heterocycles. The van der Waals surface area contributed by atoms with Crippen molar-refractivity contribution in [3.8, 4) is 5.75 Å². The van der Waals surface area contributed by atoms with E-state index in [9.17, 15) is 9.59 Å². The van der Waals surface area contributed by atoms with Gasteiger partial charge >= 0.3 is 6.03 Å². The first kappa shape index (κ1) is 17.8. The molecule has 25 heavy (non-hydrogen) atoms. The van der Waals surface area contributed by atoms with Crippen molar-refractivity contribution < 1.29 is 14.3 Å². The summed E-state index contributed by atoms with van der Waals surface area (Å²) >= 11 is 9.42. The third-order valence-corrected chi connectivity index (χ3v) is 4.89. The molecule has 0 saturated carbocycles. The summed E-state index contributed by atoms with van der Waals surface area (Å²) in [6, 6.07) is 13.9. The van der Waals surface area contributed by atoms with Crippen LogP contribution in [0.1, 0.15) is 12.5 Å². The monoisotopic (exact) mass is 422 g/mol. The van der Waals surface area contributed by atoms with Gasteiger partial charge in [-0.1, -0.05) is 51.8 Å². The smallest absolute Gasteiger partial charge is 0.325 e. The lowest BCUT2D eigenvalue weighted by Crippen LogP contribution is -2.41. The summed E-state index contributed by atoms with van der Waals surface area (Å²) in [6.45, 7) is 2.00. The van der Waals surface area contributed by atoms with E-state index in [1.54, 1.807) is 31.2 Å². The topological polar surface area (TPSA) is 58.6 Å². The maximum Gasteiger partial charge on any atom is 0.325 e. The van der Waals surface area contributed by atoms with Gasteiger partial charge in [0.2, 0.25) is 0 Å². The minimum atomic E-state index is -1.09. The lowest BCUT2D eigenvalue weighted by atomic mass is 9.92. The molecule has 7 heteroatoms. The number of urea groups is 1. The van der Waals surface area contributed by atoms with Gasteiger partial charge in [0, 0.05) is 4.47 Å². The van der Waals surface area contributed by atoms with Crippen LogP contribution in [0, 0.1) is 0 Å². The van der Waals surface area contributed by atoms with Gasteiger partial charge in [0.25, 0.3) is 5.91 Å². The van der Waals surface area contributed by atoms with Crippen molar-refractivity contribution in [1.82, 2.24) is 10.2 Å². The van der Waals surface area contributed by atoms with E-state index in [4.69, 9.17) is 16.3 Å². The molecule has 1 unspecified atom stereocenters. The van der Waals surface area contributed by atoms with Crippen molar-refractivity contribution in [2.75, 3.05) is 13.2 Å². The molecule has 0 spiro atoms.